The van der Waals surface area contributed by atoms with Crippen LogP contribution >= 0.6 is 0 Å². The molecule has 0 unspecified atom stereocenters. The quantitative estimate of drug-likeness (QED) is 0.541. The van der Waals surface area contributed by atoms with Crippen LogP contribution in [0, 0.1) is 0 Å². The molecule has 114 valence electrons. The highest BCUT2D eigenvalue weighted by molar-refractivity contribution is 5.91. The maximum absolute atomic E-state index is 11.6. The number of amides is 1. The lowest BCUT2D eigenvalue weighted by Crippen LogP contribution is -2.22. The fourth-order valence-electron chi connectivity index (χ4n) is 1.77. The van der Waals surface area contributed by atoms with Gasteiger partial charge in [-0.2, -0.15) is 0 Å². The summed E-state index contributed by atoms with van der Waals surface area (Å²) in [6.45, 7) is 0.556. The summed E-state index contributed by atoms with van der Waals surface area (Å²) in [5.41, 5.74) is 0.894. The third kappa shape index (κ3) is 7.77. The molecule has 0 atom stereocenters. The SMILES string of the molecule is COc1cccc(/C=C/C(=O)NCCCCCC(=O)O)c1. The Morgan fingerprint density at radius 1 is 1.29 bits per heavy atom. The minimum absolute atomic E-state index is 0.156. The van der Waals surface area contributed by atoms with E-state index in [1.54, 1.807) is 13.2 Å². The van der Waals surface area contributed by atoms with Crippen molar-refractivity contribution in [2.45, 2.75) is 25.7 Å². The minimum Gasteiger partial charge on any atom is -0.497 e. The summed E-state index contributed by atoms with van der Waals surface area (Å²) in [5.74, 6) is -0.188. The highest BCUT2D eigenvalue weighted by Gasteiger charge is 1.98. The van der Waals surface area contributed by atoms with Crippen LogP contribution in [0.3, 0.4) is 0 Å². The number of aliphatic carboxylic acids is 1. The number of hydrogen-bond donors (Lipinski definition) is 2. The van der Waals surface area contributed by atoms with Crippen LogP contribution in [0.5, 0.6) is 5.75 Å². The topological polar surface area (TPSA) is 75.6 Å². The van der Waals surface area contributed by atoms with Gasteiger partial charge in [0, 0.05) is 19.0 Å². The van der Waals surface area contributed by atoms with Gasteiger partial charge in [-0.15, -0.1) is 0 Å². The molecule has 0 radical (unpaired) electrons. The van der Waals surface area contributed by atoms with E-state index in [1.165, 1.54) is 6.08 Å². The Labute approximate surface area is 124 Å². The van der Waals surface area contributed by atoms with Crippen LogP contribution in [-0.2, 0) is 9.59 Å². The van der Waals surface area contributed by atoms with Crippen LogP contribution in [0.15, 0.2) is 30.3 Å². The average Bonchev–Trinajstić information content (AvgIpc) is 2.48. The van der Waals surface area contributed by atoms with Crippen molar-refractivity contribution in [2.24, 2.45) is 0 Å². The molecule has 5 nitrogen and oxygen atoms in total. The molecular formula is C16H21NO4. The molecule has 0 aliphatic rings. The van der Waals surface area contributed by atoms with Crippen molar-refractivity contribution >= 4 is 18.0 Å². The van der Waals surface area contributed by atoms with Crippen molar-refractivity contribution < 1.29 is 19.4 Å². The second-order valence-electron chi connectivity index (χ2n) is 4.61. The van der Waals surface area contributed by atoms with Gasteiger partial charge in [-0.05, 0) is 36.6 Å². The number of carboxylic acid groups (broad SMARTS) is 1. The van der Waals surface area contributed by atoms with E-state index in [2.05, 4.69) is 5.32 Å². The van der Waals surface area contributed by atoms with Gasteiger partial charge in [-0.25, -0.2) is 0 Å². The number of unbranched alkanes of at least 4 members (excludes halogenated alkanes) is 2. The number of carbonyl (C=O) groups is 2. The fraction of sp³-hybridized carbons (Fsp3) is 0.375. The summed E-state index contributed by atoms with van der Waals surface area (Å²) in [6, 6.07) is 7.43. The van der Waals surface area contributed by atoms with Gasteiger partial charge in [0.1, 0.15) is 5.75 Å². The van der Waals surface area contributed by atoms with Crippen LogP contribution < -0.4 is 10.1 Å². The molecule has 1 rings (SSSR count). The van der Waals surface area contributed by atoms with Crippen molar-refractivity contribution in [1.82, 2.24) is 5.32 Å². The predicted molar refractivity (Wildman–Crippen MR) is 81.1 cm³/mol. The fourth-order valence-corrected chi connectivity index (χ4v) is 1.77. The highest BCUT2D eigenvalue weighted by atomic mass is 16.5. The van der Waals surface area contributed by atoms with E-state index in [0.717, 1.165) is 24.2 Å². The largest absolute Gasteiger partial charge is 0.497 e. The Kier molecular flexibility index (Phi) is 7.64. The minimum atomic E-state index is -0.778. The van der Waals surface area contributed by atoms with E-state index in [0.29, 0.717) is 13.0 Å². The van der Waals surface area contributed by atoms with Crippen LogP contribution in [-0.4, -0.2) is 30.6 Å². The molecule has 0 aliphatic heterocycles. The third-order valence-electron chi connectivity index (χ3n) is 2.89. The summed E-state index contributed by atoms with van der Waals surface area (Å²) in [7, 11) is 1.60. The van der Waals surface area contributed by atoms with Gasteiger partial charge >= 0.3 is 5.97 Å². The maximum Gasteiger partial charge on any atom is 0.303 e. The lowest BCUT2D eigenvalue weighted by Gasteiger charge is -2.02. The van der Waals surface area contributed by atoms with E-state index in [1.807, 2.05) is 24.3 Å². The van der Waals surface area contributed by atoms with Crippen LogP contribution in [0.4, 0.5) is 0 Å². The van der Waals surface area contributed by atoms with E-state index < -0.39 is 5.97 Å². The Morgan fingerprint density at radius 3 is 2.81 bits per heavy atom. The van der Waals surface area contributed by atoms with Crippen molar-refractivity contribution in [3.05, 3.63) is 35.9 Å². The summed E-state index contributed by atoms with van der Waals surface area (Å²) in [5, 5.41) is 11.3. The van der Waals surface area contributed by atoms with Gasteiger partial charge in [-0.3, -0.25) is 9.59 Å². The predicted octanol–water partition coefficient (Wildman–Crippen LogP) is 2.47. The standard InChI is InChI=1S/C16H21NO4/c1-21-14-7-5-6-13(12-14)9-10-15(18)17-11-4-2-3-8-16(19)20/h5-7,9-10,12H,2-4,8,11H2,1H3,(H,17,18)(H,19,20)/b10-9+. The Morgan fingerprint density at radius 2 is 2.10 bits per heavy atom. The molecule has 0 saturated heterocycles. The molecule has 1 aromatic rings. The summed E-state index contributed by atoms with van der Waals surface area (Å²) >= 11 is 0. The van der Waals surface area contributed by atoms with Gasteiger partial charge < -0.3 is 15.2 Å². The molecule has 0 saturated carbocycles. The first-order valence-electron chi connectivity index (χ1n) is 6.93. The molecule has 21 heavy (non-hydrogen) atoms. The zero-order valence-corrected chi connectivity index (χ0v) is 12.2. The second kappa shape index (κ2) is 9.58. The molecule has 0 fully saturated rings. The number of carbonyl (C=O) groups excluding carboxylic acids is 1. The third-order valence-corrected chi connectivity index (χ3v) is 2.89. The Bertz CT molecular complexity index is 497. The van der Waals surface area contributed by atoms with Gasteiger partial charge in [0.05, 0.1) is 7.11 Å². The average molecular weight is 291 g/mol. The van der Waals surface area contributed by atoms with Crippen LogP contribution in [0.25, 0.3) is 6.08 Å². The first-order valence-corrected chi connectivity index (χ1v) is 6.93. The maximum atomic E-state index is 11.6. The lowest BCUT2D eigenvalue weighted by atomic mass is 10.2. The number of ether oxygens (including phenoxy) is 1. The van der Waals surface area contributed by atoms with Gasteiger partial charge in [-0.1, -0.05) is 18.6 Å². The molecule has 0 aromatic heterocycles. The van der Waals surface area contributed by atoms with E-state index in [-0.39, 0.29) is 12.3 Å². The normalized spacial score (nSPS) is 10.5. The summed E-state index contributed by atoms with van der Waals surface area (Å²) < 4.78 is 5.10. The molecule has 1 aromatic carbocycles. The molecule has 5 heteroatoms. The Balaban J connectivity index is 2.23. The van der Waals surface area contributed by atoms with Crippen molar-refractivity contribution in [1.29, 1.82) is 0 Å². The number of nitrogens with one attached hydrogen (secondary N) is 1. The number of benzene rings is 1. The Hall–Kier alpha value is -2.30. The van der Waals surface area contributed by atoms with Crippen molar-refractivity contribution in [3.8, 4) is 5.75 Å². The van der Waals surface area contributed by atoms with E-state index in [9.17, 15) is 9.59 Å². The monoisotopic (exact) mass is 291 g/mol. The number of rotatable bonds is 9. The van der Waals surface area contributed by atoms with Crippen LogP contribution in [0.2, 0.25) is 0 Å². The van der Waals surface area contributed by atoms with Crippen LogP contribution in [0.1, 0.15) is 31.2 Å². The first-order chi connectivity index (χ1) is 10.1. The van der Waals surface area contributed by atoms with Gasteiger partial charge in [0.15, 0.2) is 0 Å². The highest BCUT2D eigenvalue weighted by Crippen LogP contribution is 2.13. The molecule has 1 amide bonds. The second-order valence-corrected chi connectivity index (χ2v) is 4.61. The van der Waals surface area contributed by atoms with E-state index in [4.69, 9.17) is 9.84 Å². The molecule has 0 spiro atoms. The van der Waals surface area contributed by atoms with Gasteiger partial charge in [0.2, 0.25) is 5.91 Å². The molecule has 0 heterocycles. The summed E-state index contributed by atoms with van der Waals surface area (Å²) in [4.78, 5) is 21.9. The number of methoxy groups -OCH3 is 1. The zero-order valence-electron chi connectivity index (χ0n) is 12.2. The lowest BCUT2D eigenvalue weighted by molar-refractivity contribution is -0.137. The number of carboxylic acids is 1. The molecule has 2 N–H and O–H groups in total. The molecule has 0 bridgehead atoms. The van der Waals surface area contributed by atoms with Crippen molar-refractivity contribution in [3.63, 3.8) is 0 Å². The molecular weight excluding hydrogens is 270 g/mol. The smallest absolute Gasteiger partial charge is 0.303 e. The summed E-state index contributed by atoms with van der Waals surface area (Å²) in [6.07, 6.45) is 5.61. The van der Waals surface area contributed by atoms with Gasteiger partial charge in [0.25, 0.3) is 0 Å². The molecule has 0 aliphatic carbocycles. The number of hydrogen-bond acceptors (Lipinski definition) is 3. The van der Waals surface area contributed by atoms with E-state index >= 15 is 0 Å². The zero-order chi connectivity index (χ0) is 15.5. The first kappa shape index (κ1) is 16.8. The van der Waals surface area contributed by atoms with Crippen molar-refractivity contribution in [2.75, 3.05) is 13.7 Å².